The predicted octanol–water partition coefficient (Wildman–Crippen LogP) is 2.52. The first-order chi connectivity index (χ1) is 13.0. The summed E-state index contributed by atoms with van der Waals surface area (Å²) >= 11 is 1.02. The molecule has 3 amide bonds. The molecule has 1 heterocycles. The molecule has 2 atom stereocenters. The van der Waals surface area contributed by atoms with E-state index in [1.165, 1.54) is 11.3 Å². The highest BCUT2D eigenvalue weighted by molar-refractivity contribution is 8.14. The van der Waals surface area contributed by atoms with Crippen LogP contribution in [0.4, 0.5) is 4.79 Å². The molecule has 1 aliphatic heterocycles. The van der Waals surface area contributed by atoms with E-state index >= 15 is 0 Å². The van der Waals surface area contributed by atoms with E-state index in [1.54, 1.807) is 18.2 Å². The van der Waals surface area contributed by atoms with Gasteiger partial charge in [-0.05, 0) is 55.2 Å². The van der Waals surface area contributed by atoms with Gasteiger partial charge in [-0.15, -0.1) is 0 Å². The summed E-state index contributed by atoms with van der Waals surface area (Å²) in [5, 5.41) is 3.03. The number of carbonyl (C=O) groups is 3. The maximum Gasteiger partial charge on any atom is 0.289 e. The van der Waals surface area contributed by atoms with Gasteiger partial charge in [-0.25, -0.2) is 0 Å². The summed E-state index contributed by atoms with van der Waals surface area (Å²) < 4.78 is 0. The fraction of sp³-hybridized carbons (Fsp3) is 0.550. The smallest absolute Gasteiger partial charge is 0.289 e. The zero-order chi connectivity index (χ0) is 19.0. The lowest BCUT2D eigenvalue weighted by molar-refractivity contribution is -0.125. The Kier molecular flexibility index (Phi) is 5.23. The molecule has 0 spiro atoms. The molecule has 2 unspecified atom stereocenters. The van der Waals surface area contributed by atoms with Gasteiger partial charge in [0, 0.05) is 17.6 Å². The van der Waals surface area contributed by atoms with Crippen molar-refractivity contribution in [1.29, 1.82) is 0 Å². The average molecular weight is 388 g/mol. The van der Waals surface area contributed by atoms with Gasteiger partial charge in [0.25, 0.3) is 11.1 Å². The van der Waals surface area contributed by atoms with Crippen LogP contribution in [0.3, 0.4) is 0 Å². The molecule has 3 fully saturated rings. The van der Waals surface area contributed by atoms with E-state index in [9.17, 15) is 14.4 Å². The SMILES string of the molecule is NC1CC2CCCC(C1)C2NC(=O)c1cccc(CN2C(=O)CSC2=O)c1. The highest BCUT2D eigenvalue weighted by atomic mass is 32.2. The number of nitrogens with zero attached hydrogens (tertiary/aromatic N) is 1. The summed E-state index contributed by atoms with van der Waals surface area (Å²) in [6, 6.07) is 7.67. The largest absolute Gasteiger partial charge is 0.349 e. The maximum atomic E-state index is 12.8. The van der Waals surface area contributed by atoms with E-state index in [0.29, 0.717) is 17.4 Å². The van der Waals surface area contributed by atoms with Crippen LogP contribution in [-0.4, -0.2) is 39.8 Å². The predicted molar refractivity (Wildman–Crippen MR) is 104 cm³/mol. The lowest BCUT2D eigenvalue weighted by Gasteiger charge is -2.45. The van der Waals surface area contributed by atoms with Crippen LogP contribution in [-0.2, 0) is 11.3 Å². The van der Waals surface area contributed by atoms with Crippen LogP contribution in [0.1, 0.15) is 48.0 Å². The van der Waals surface area contributed by atoms with Crippen LogP contribution in [0.2, 0.25) is 0 Å². The Bertz CT molecular complexity index is 739. The van der Waals surface area contributed by atoms with E-state index in [4.69, 9.17) is 5.73 Å². The average Bonchev–Trinajstić information content (AvgIpc) is 2.95. The minimum Gasteiger partial charge on any atom is -0.349 e. The first-order valence-electron chi connectivity index (χ1n) is 9.64. The van der Waals surface area contributed by atoms with Gasteiger partial charge in [0.2, 0.25) is 5.91 Å². The fourth-order valence-electron chi connectivity index (χ4n) is 4.79. The van der Waals surface area contributed by atoms with Gasteiger partial charge >= 0.3 is 0 Å². The van der Waals surface area contributed by atoms with Gasteiger partial charge in [-0.3, -0.25) is 19.3 Å². The van der Waals surface area contributed by atoms with Crippen LogP contribution in [0.15, 0.2) is 24.3 Å². The first-order valence-corrected chi connectivity index (χ1v) is 10.6. The van der Waals surface area contributed by atoms with Crippen LogP contribution >= 0.6 is 11.8 Å². The molecule has 4 rings (SSSR count). The summed E-state index contributed by atoms with van der Waals surface area (Å²) in [6.07, 6.45) is 5.45. The Morgan fingerprint density at radius 3 is 2.63 bits per heavy atom. The lowest BCUT2D eigenvalue weighted by atomic mass is 9.67. The Morgan fingerprint density at radius 1 is 1.22 bits per heavy atom. The summed E-state index contributed by atoms with van der Waals surface area (Å²) in [7, 11) is 0. The third-order valence-corrected chi connectivity index (χ3v) is 6.90. The van der Waals surface area contributed by atoms with Gasteiger partial charge in [-0.1, -0.05) is 30.3 Å². The van der Waals surface area contributed by atoms with Crippen LogP contribution in [0.25, 0.3) is 0 Å². The highest BCUT2D eigenvalue weighted by Crippen LogP contribution is 2.39. The Balaban J connectivity index is 1.45. The second kappa shape index (κ2) is 7.64. The molecule has 2 bridgehead atoms. The Hall–Kier alpha value is -1.86. The van der Waals surface area contributed by atoms with Gasteiger partial charge in [0.05, 0.1) is 12.3 Å². The van der Waals surface area contributed by atoms with Gasteiger partial charge < -0.3 is 11.1 Å². The Morgan fingerprint density at radius 2 is 1.96 bits per heavy atom. The number of fused-ring (bicyclic) bond motifs is 2. The summed E-state index contributed by atoms with van der Waals surface area (Å²) in [6.45, 7) is 0.218. The number of thioether (sulfide) groups is 1. The van der Waals surface area contributed by atoms with Crippen molar-refractivity contribution < 1.29 is 14.4 Å². The number of benzene rings is 1. The third-order valence-electron chi connectivity index (χ3n) is 6.04. The molecule has 3 aliphatic rings. The van der Waals surface area contributed by atoms with Crippen molar-refractivity contribution in [2.75, 3.05) is 5.75 Å². The zero-order valence-electron chi connectivity index (χ0n) is 15.2. The highest BCUT2D eigenvalue weighted by Gasteiger charge is 2.40. The maximum absolute atomic E-state index is 12.8. The minimum atomic E-state index is -0.221. The summed E-state index contributed by atoms with van der Waals surface area (Å²) in [4.78, 5) is 37.7. The molecular formula is C20H25N3O3S. The van der Waals surface area contributed by atoms with Crippen LogP contribution in [0.5, 0.6) is 0 Å². The minimum absolute atomic E-state index is 0.0809. The van der Waals surface area contributed by atoms with E-state index < -0.39 is 0 Å². The molecule has 0 aromatic heterocycles. The summed E-state index contributed by atoms with van der Waals surface area (Å²) in [5.74, 6) is 0.882. The second-order valence-electron chi connectivity index (χ2n) is 7.92. The van der Waals surface area contributed by atoms with Crippen molar-refractivity contribution in [3.8, 4) is 0 Å². The number of hydrogen-bond donors (Lipinski definition) is 2. The lowest BCUT2D eigenvalue weighted by Crippen LogP contribution is -2.53. The molecule has 7 heteroatoms. The van der Waals surface area contributed by atoms with Crippen LogP contribution < -0.4 is 11.1 Å². The van der Waals surface area contributed by atoms with E-state index in [2.05, 4.69) is 5.32 Å². The number of rotatable bonds is 4. The molecule has 27 heavy (non-hydrogen) atoms. The molecular weight excluding hydrogens is 362 g/mol. The quantitative estimate of drug-likeness (QED) is 0.828. The summed E-state index contributed by atoms with van der Waals surface area (Å²) in [5.41, 5.74) is 7.54. The molecule has 3 N–H and O–H groups in total. The molecule has 1 aromatic rings. The van der Waals surface area contributed by atoms with Crippen molar-refractivity contribution in [3.63, 3.8) is 0 Å². The van der Waals surface area contributed by atoms with E-state index in [-0.39, 0.29) is 41.4 Å². The van der Waals surface area contributed by atoms with Crippen molar-refractivity contribution in [2.45, 2.75) is 50.7 Å². The normalized spacial score (nSPS) is 30.5. The number of hydrogen-bond acceptors (Lipinski definition) is 5. The molecule has 2 aliphatic carbocycles. The Labute approximate surface area is 163 Å². The van der Waals surface area contributed by atoms with Gasteiger partial charge in [-0.2, -0.15) is 0 Å². The number of nitrogens with one attached hydrogen (secondary N) is 1. The molecule has 0 radical (unpaired) electrons. The van der Waals surface area contributed by atoms with Crippen molar-refractivity contribution >= 4 is 28.8 Å². The zero-order valence-corrected chi connectivity index (χ0v) is 16.0. The number of imide groups is 1. The fourth-order valence-corrected chi connectivity index (χ4v) is 5.51. The first kappa shape index (κ1) is 18.5. The standard InChI is InChI=1S/C20H25N3O3S/c21-16-8-13-4-2-5-14(9-16)18(13)22-19(25)15-6-1-3-12(7-15)10-23-17(24)11-27-20(23)26/h1,3,6-7,13-14,16,18H,2,4-5,8-11,21H2,(H,22,25). The number of nitrogens with two attached hydrogens (primary N) is 1. The number of carbonyl (C=O) groups excluding carboxylic acids is 3. The molecule has 6 nitrogen and oxygen atoms in total. The van der Waals surface area contributed by atoms with E-state index in [0.717, 1.165) is 43.0 Å². The molecule has 1 saturated heterocycles. The van der Waals surface area contributed by atoms with Gasteiger partial charge in [0.1, 0.15) is 0 Å². The van der Waals surface area contributed by atoms with E-state index in [1.807, 2.05) is 6.07 Å². The molecule has 1 aromatic carbocycles. The molecule has 2 saturated carbocycles. The second-order valence-corrected chi connectivity index (χ2v) is 8.84. The monoisotopic (exact) mass is 387 g/mol. The van der Waals surface area contributed by atoms with Gasteiger partial charge in [0.15, 0.2) is 0 Å². The van der Waals surface area contributed by atoms with Crippen molar-refractivity contribution in [2.24, 2.45) is 17.6 Å². The van der Waals surface area contributed by atoms with Crippen molar-refractivity contribution in [3.05, 3.63) is 35.4 Å². The topological polar surface area (TPSA) is 92.5 Å². The van der Waals surface area contributed by atoms with Crippen molar-refractivity contribution in [1.82, 2.24) is 10.2 Å². The third kappa shape index (κ3) is 3.89. The van der Waals surface area contributed by atoms with Crippen LogP contribution in [0, 0.1) is 11.8 Å². The molecule has 144 valence electrons. The number of amides is 3.